The zero-order valence-corrected chi connectivity index (χ0v) is 17.2. The van der Waals surface area contributed by atoms with Crippen molar-refractivity contribution in [1.82, 2.24) is 19.6 Å². The second-order valence-corrected chi connectivity index (χ2v) is 7.47. The molecular formula is C24H25N5O. The van der Waals surface area contributed by atoms with Gasteiger partial charge in [0.1, 0.15) is 0 Å². The van der Waals surface area contributed by atoms with Crippen molar-refractivity contribution in [3.63, 3.8) is 0 Å². The van der Waals surface area contributed by atoms with Gasteiger partial charge in [-0.2, -0.15) is 10.2 Å². The Balaban J connectivity index is 1.38. The van der Waals surface area contributed by atoms with Gasteiger partial charge in [0.2, 0.25) is 0 Å². The van der Waals surface area contributed by atoms with Gasteiger partial charge >= 0.3 is 0 Å². The summed E-state index contributed by atoms with van der Waals surface area (Å²) in [7, 11) is 0. The monoisotopic (exact) mass is 399 g/mol. The highest BCUT2D eigenvalue weighted by Crippen LogP contribution is 2.13. The van der Waals surface area contributed by atoms with E-state index in [9.17, 15) is 4.79 Å². The Bertz CT molecular complexity index is 1140. The number of hydrogen-bond donors (Lipinski definition) is 1. The molecule has 0 aliphatic carbocycles. The number of aryl methyl sites for hydroxylation is 4. The molecule has 0 aliphatic heterocycles. The molecule has 1 amide bonds. The maximum absolute atomic E-state index is 12.7. The summed E-state index contributed by atoms with van der Waals surface area (Å²) in [5.41, 5.74) is 5.70. The fourth-order valence-electron chi connectivity index (χ4n) is 3.46. The van der Waals surface area contributed by atoms with Crippen molar-refractivity contribution in [2.75, 3.05) is 5.32 Å². The lowest BCUT2D eigenvalue weighted by atomic mass is 10.1. The molecule has 0 unspecified atom stereocenters. The van der Waals surface area contributed by atoms with Gasteiger partial charge in [-0.3, -0.25) is 14.2 Å². The molecule has 0 radical (unpaired) electrons. The number of nitrogens with one attached hydrogen (secondary N) is 1. The highest BCUT2D eigenvalue weighted by molar-refractivity contribution is 6.04. The molecule has 30 heavy (non-hydrogen) atoms. The summed E-state index contributed by atoms with van der Waals surface area (Å²) in [6.07, 6.45) is 4.44. The molecule has 0 saturated carbocycles. The summed E-state index contributed by atoms with van der Waals surface area (Å²) in [5.74, 6) is -0.146. The van der Waals surface area contributed by atoms with Crippen molar-refractivity contribution in [2.24, 2.45) is 0 Å². The minimum atomic E-state index is -0.146. The zero-order valence-electron chi connectivity index (χ0n) is 17.2. The molecule has 0 aliphatic rings. The number of amides is 1. The van der Waals surface area contributed by atoms with Crippen LogP contribution < -0.4 is 5.32 Å². The Hall–Kier alpha value is -3.67. The van der Waals surface area contributed by atoms with E-state index >= 15 is 0 Å². The fraction of sp³-hybridized carbons (Fsp3) is 0.208. The summed E-state index contributed by atoms with van der Waals surface area (Å²) >= 11 is 0. The van der Waals surface area contributed by atoms with Gasteiger partial charge in [-0.05, 0) is 49.6 Å². The zero-order chi connectivity index (χ0) is 20.9. The molecule has 6 nitrogen and oxygen atoms in total. The SMILES string of the molecule is Cc1cc(C)n(Cc2cccc(C(=O)Nc3cnn(CCc4ccccc4)c3)c2)n1. The van der Waals surface area contributed by atoms with Crippen molar-refractivity contribution in [3.05, 3.63) is 101 Å². The van der Waals surface area contributed by atoms with Crippen molar-refractivity contribution < 1.29 is 4.79 Å². The Labute approximate surface area is 176 Å². The first-order valence-corrected chi connectivity index (χ1v) is 10.0. The molecule has 6 heteroatoms. The maximum Gasteiger partial charge on any atom is 0.255 e. The molecule has 0 atom stereocenters. The van der Waals surface area contributed by atoms with Crippen molar-refractivity contribution >= 4 is 11.6 Å². The van der Waals surface area contributed by atoms with Gasteiger partial charge in [0.05, 0.1) is 24.1 Å². The van der Waals surface area contributed by atoms with Crippen LogP contribution in [0.4, 0.5) is 5.69 Å². The van der Waals surface area contributed by atoms with Gasteiger partial charge in [0.15, 0.2) is 0 Å². The predicted molar refractivity (Wildman–Crippen MR) is 118 cm³/mol. The second kappa shape index (κ2) is 8.78. The van der Waals surface area contributed by atoms with Crippen molar-refractivity contribution in [1.29, 1.82) is 0 Å². The van der Waals surface area contributed by atoms with Crippen LogP contribution in [0, 0.1) is 13.8 Å². The van der Waals surface area contributed by atoms with Gasteiger partial charge in [0, 0.05) is 24.0 Å². The Morgan fingerprint density at radius 3 is 2.57 bits per heavy atom. The van der Waals surface area contributed by atoms with Crippen molar-refractivity contribution in [3.8, 4) is 0 Å². The molecule has 2 aromatic carbocycles. The van der Waals surface area contributed by atoms with Gasteiger partial charge in [-0.25, -0.2) is 0 Å². The van der Waals surface area contributed by atoms with Crippen LogP contribution in [0.2, 0.25) is 0 Å². The number of rotatable bonds is 7. The third-order valence-electron chi connectivity index (χ3n) is 4.99. The van der Waals surface area contributed by atoms with E-state index in [0.717, 1.165) is 29.9 Å². The highest BCUT2D eigenvalue weighted by Gasteiger charge is 2.10. The molecule has 4 aromatic rings. The third-order valence-corrected chi connectivity index (χ3v) is 4.99. The minimum Gasteiger partial charge on any atom is -0.319 e. The van der Waals surface area contributed by atoms with Crippen LogP contribution in [0.25, 0.3) is 0 Å². The van der Waals surface area contributed by atoms with Gasteiger partial charge in [0.25, 0.3) is 5.91 Å². The average molecular weight is 399 g/mol. The van der Waals surface area contributed by atoms with E-state index in [2.05, 4.69) is 27.6 Å². The lowest BCUT2D eigenvalue weighted by Gasteiger charge is -2.07. The van der Waals surface area contributed by atoms with E-state index < -0.39 is 0 Å². The minimum absolute atomic E-state index is 0.146. The summed E-state index contributed by atoms with van der Waals surface area (Å²) in [6, 6.07) is 20.0. The fourth-order valence-corrected chi connectivity index (χ4v) is 3.46. The van der Waals surface area contributed by atoms with E-state index in [0.29, 0.717) is 17.8 Å². The maximum atomic E-state index is 12.7. The normalized spacial score (nSPS) is 10.9. The first kappa shape index (κ1) is 19.6. The lowest BCUT2D eigenvalue weighted by Crippen LogP contribution is -2.12. The van der Waals surface area contributed by atoms with E-state index in [-0.39, 0.29) is 5.91 Å². The molecule has 1 N–H and O–H groups in total. The highest BCUT2D eigenvalue weighted by atomic mass is 16.1. The van der Waals surface area contributed by atoms with Crippen LogP contribution in [-0.4, -0.2) is 25.5 Å². The van der Waals surface area contributed by atoms with Gasteiger partial charge in [-0.1, -0.05) is 42.5 Å². The molecule has 2 aromatic heterocycles. The molecule has 2 heterocycles. The molecule has 0 fully saturated rings. The topological polar surface area (TPSA) is 64.7 Å². The number of carbonyl (C=O) groups is 1. The van der Waals surface area contributed by atoms with E-state index in [4.69, 9.17) is 0 Å². The number of hydrogen-bond acceptors (Lipinski definition) is 3. The summed E-state index contributed by atoms with van der Waals surface area (Å²) < 4.78 is 3.80. The summed E-state index contributed by atoms with van der Waals surface area (Å²) in [4.78, 5) is 12.7. The quantitative estimate of drug-likeness (QED) is 0.506. The number of nitrogens with zero attached hydrogens (tertiary/aromatic N) is 4. The Morgan fingerprint density at radius 2 is 1.80 bits per heavy atom. The first-order valence-electron chi connectivity index (χ1n) is 10.0. The largest absolute Gasteiger partial charge is 0.319 e. The van der Waals surface area contributed by atoms with Gasteiger partial charge in [-0.15, -0.1) is 0 Å². The van der Waals surface area contributed by atoms with Crippen LogP contribution in [0.5, 0.6) is 0 Å². The van der Waals surface area contributed by atoms with E-state index in [1.165, 1.54) is 5.56 Å². The summed E-state index contributed by atoms with van der Waals surface area (Å²) in [5, 5.41) is 11.8. The Morgan fingerprint density at radius 1 is 1.00 bits per heavy atom. The molecule has 0 spiro atoms. The number of anilines is 1. The number of carbonyl (C=O) groups excluding carboxylic acids is 1. The second-order valence-electron chi connectivity index (χ2n) is 7.47. The molecular weight excluding hydrogens is 374 g/mol. The molecule has 152 valence electrons. The standard InChI is InChI=1S/C24H25N5O/c1-18-13-19(2)29(27-18)16-21-9-6-10-22(14-21)24(30)26-23-15-25-28(17-23)12-11-20-7-4-3-5-8-20/h3-10,13-15,17H,11-12,16H2,1-2H3,(H,26,30). The summed E-state index contributed by atoms with van der Waals surface area (Å²) in [6.45, 7) is 5.41. The lowest BCUT2D eigenvalue weighted by molar-refractivity contribution is 0.102. The molecule has 0 saturated heterocycles. The van der Waals surface area contributed by atoms with Crippen LogP contribution in [0.1, 0.15) is 32.9 Å². The third kappa shape index (κ3) is 4.84. The molecule has 0 bridgehead atoms. The average Bonchev–Trinajstić information content (AvgIpc) is 3.32. The molecule has 4 rings (SSSR count). The van der Waals surface area contributed by atoms with Crippen LogP contribution >= 0.6 is 0 Å². The van der Waals surface area contributed by atoms with Crippen LogP contribution in [-0.2, 0) is 19.5 Å². The van der Waals surface area contributed by atoms with Gasteiger partial charge < -0.3 is 5.32 Å². The van der Waals surface area contributed by atoms with Crippen molar-refractivity contribution in [2.45, 2.75) is 33.4 Å². The van der Waals surface area contributed by atoms with E-state index in [1.807, 2.05) is 77.9 Å². The predicted octanol–water partition coefficient (Wildman–Crippen LogP) is 4.24. The first-order chi connectivity index (χ1) is 14.6. The van der Waals surface area contributed by atoms with Crippen LogP contribution in [0.15, 0.2) is 73.1 Å². The smallest absolute Gasteiger partial charge is 0.255 e. The van der Waals surface area contributed by atoms with Crippen LogP contribution in [0.3, 0.4) is 0 Å². The Kier molecular flexibility index (Phi) is 5.75. The van der Waals surface area contributed by atoms with E-state index in [1.54, 1.807) is 6.20 Å². The number of aromatic nitrogens is 4. The number of benzene rings is 2.